The predicted molar refractivity (Wildman–Crippen MR) is 76.0 cm³/mol. The molecule has 0 aliphatic heterocycles. The fraction of sp³-hybridized carbons (Fsp3) is 0.500. The third kappa shape index (κ3) is 3.60. The van der Waals surface area contributed by atoms with E-state index in [0.717, 1.165) is 18.4 Å². The minimum Gasteiger partial charge on any atom is -0.480 e. The predicted octanol–water partition coefficient (Wildman–Crippen LogP) is 2.68. The van der Waals surface area contributed by atoms with E-state index < -0.39 is 5.97 Å². The molecule has 0 spiro atoms. The lowest BCUT2D eigenvalue weighted by molar-refractivity contribution is -0.145. The topological polar surface area (TPSA) is 57.6 Å². The van der Waals surface area contributed by atoms with Crippen LogP contribution < -0.4 is 0 Å². The van der Waals surface area contributed by atoms with Crippen molar-refractivity contribution in [3.8, 4) is 0 Å². The number of halogens is 1. The van der Waals surface area contributed by atoms with Crippen LogP contribution in [0.25, 0.3) is 0 Å². The number of rotatable bonds is 6. The van der Waals surface area contributed by atoms with Gasteiger partial charge in [0.25, 0.3) is 0 Å². The number of aliphatic carboxylic acids is 1. The smallest absolute Gasteiger partial charge is 0.323 e. The zero-order valence-electron chi connectivity index (χ0n) is 12.3. The maximum atomic E-state index is 12.9. The Kier molecular flexibility index (Phi) is 4.30. The Labute approximate surface area is 123 Å². The second-order valence-corrected chi connectivity index (χ2v) is 5.98. The zero-order chi connectivity index (χ0) is 15.6. The molecule has 1 aromatic rings. The molecule has 4 nitrogen and oxygen atoms in total. The Balaban J connectivity index is 2.09. The molecule has 1 N–H and O–H groups in total. The van der Waals surface area contributed by atoms with Crippen LogP contribution in [0.15, 0.2) is 24.3 Å². The maximum Gasteiger partial charge on any atom is 0.323 e. The van der Waals surface area contributed by atoms with E-state index in [0.29, 0.717) is 0 Å². The molecular formula is C16H20FNO3. The van der Waals surface area contributed by atoms with Crippen LogP contribution in [-0.2, 0) is 16.1 Å². The summed E-state index contributed by atoms with van der Waals surface area (Å²) in [6.45, 7) is 3.95. The summed E-state index contributed by atoms with van der Waals surface area (Å²) >= 11 is 0. The number of carboxylic acids is 1. The van der Waals surface area contributed by atoms with Crippen molar-refractivity contribution in [3.05, 3.63) is 35.6 Å². The zero-order valence-corrected chi connectivity index (χ0v) is 12.3. The van der Waals surface area contributed by atoms with Crippen molar-refractivity contribution in [2.75, 3.05) is 6.54 Å². The van der Waals surface area contributed by atoms with Gasteiger partial charge >= 0.3 is 5.97 Å². The fourth-order valence-corrected chi connectivity index (χ4v) is 2.59. The van der Waals surface area contributed by atoms with Crippen molar-refractivity contribution in [2.24, 2.45) is 11.3 Å². The third-order valence-electron chi connectivity index (χ3n) is 4.38. The van der Waals surface area contributed by atoms with E-state index in [9.17, 15) is 14.0 Å². The molecule has 1 aromatic carbocycles. The molecule has 0 aromatic heterocycles. The van der Waals surface area contributed by atoms with Crippen molar-refractivity contribution in [1.82, 2.24) is 4.90 Å². The number of carboxylic acid groups (broad SMARTS) is 1. The monoisotopic (exact) mass is 293 g/mol. The first-order valence-electron chi connectivity index (χ1n) is 7.11. The van der Waals surface area contributed by atoms with Gasteiger partial charge in [0, 0.05) is 12.5 Å². The Morgan fingerprint density at radius 1 is 1.38 bits per heavy atom. The van der Waals surface area contributed by atoms with Crippen LogP contribution >= 0.6 is 0 Å². The van der Waals surface area contributed by atoms with Crippen molar-refractivity contribution in [2.45, 2.75) is 33.2 Å². The summed E-state index contributed by atoms with van der Waals surface area (Å²) in [6.07, 6.45) is 1.71. The van der Waals surface area contributed by atoms with E-state index in [4.69, 9.17) is 5.11 Å². The normalized spacial score (nSPS) is 23.7. The summed E-state index contributed by atoms with van der Waals surface area (Å²) in [5.41, 5.74) is 0.723. The largest absolute Gasteiger partial charge is 0.480 e. The molecule has 0 saturated heterocycles. The summed E-state index contributed by atoms with van der Waals surface area (Å²) in [5, 5.41) is 8.99. The van der Waals surface area contributed by atoms with Crippen molar-refractivity contribution in [3.63, 3.8) is 0 Å². The Bertz CT molecular complexity index is 543. The molecule has 114 valence electrons. The highest BCUT2D eigenvalue weighted by Crippen LogP contribution is 2.55. The molecule has 5 heteroatoms. The molecule has 1 amide bonds. The molecule has 2 atom stereocenters. The van der Waals surface area contributed by atoms with Gasteiger partial charge in [-0.05, 0) is 36.0 Å². The quantitative estimate of drug-likeness (QED) is 0.877. The summed E-state index contributed by atoms with van der Waals surface area (Å²) in [5.74, 6) is -1.60. The molecule has 0 radical (unpaired) electrons. The van der Waals surface area contributed by atoms with Gasteiger partial charge < -0.3 is 10.0 Å². The summed E-state index contributed by atoms with van der Waals surface area (Å²) in [4.78, 5) is 24.8. The Morgan fingerprint density at radius 2 is 2.00 bits per heavy atom. The first-order valence-corrected chi connectivity index (χ1v) is 7.11. The Morgan fingerprint density at radius 3 is 2.48 bits per heavy atom. The van der Waals surface area contributed by atoms with Gasteiger partial charge in [0.2, 0.25) is 5.91 Å². The molecule has 1 saturated carbocycles. The number of nitrogens with zero attached hydrogens (tertiary/aromatic N) is 1. The standard InChI is InChI=1S/C16H20FNO3/c1-3-16(2)8-13(16)15(21)18(10-14(19)20)9-11-4-6-12(17)7-5-11/h4-7,13H,3,8-10H2,1-2H3,(H,19,20). The van der Waals surface area contributed by atoms with E-state index in [-0.39, 0.29) is 36.1 Å². The van der Waals surface area contributed by atoms with Crippen molar-refractivity contribution >= 4 is 11.9 Å². The van der Waals surface area contributed by atoms with Crippen LogP contribution in [0.2, 0.25) is 0 Å². The van der Waals surface area contributed by atoms with Crippen LogP contribution in [0.4, 0.5) is 4.39 Å². The molecule has 1 aliphatic carbocycles. The van der Waals surface area contributed by atoms with Crippen molar-refractivity contribution < 1.29 is 19.1 Å². The molecule has 21 heavy (non-hydrogen) atoms. The van der Waals surface area contributed by atoms with Crippen LogP contribution in [0.5, 0.6) is 0 Å². The van der Waals surface area contributed by atoms with E-state index in [1.54, 1.807) is 12.1 Å². The van der Waals surface area contributed by atoms with Gasteiger partial charge in [0.15, 0.2) is 0 Å². The van der Waals surface area contributed by atoms with Gasteiger partial charge in [0.1, 0.15) is 12.4 Å². The minimum atomic E-state index is -1.04. The van der Waals surface area contributed by atoms with Crippen LogP contribution in [-0.4, -0.2) is 28.4 Å². The lowest BCUT2D eigenvalue weighted by Crippen LogP contribution is -2.37. The second-order valence-electron chi connectivity index (χ2n) is 5.98. The van der Waals surface area contributed by atoms with Gasteiger partial charge in [-0.25, -0.2) is 4.39 Å². The second kappa shape index (κ2) is 5.84. The number of carbonyl (C=O) groups excluding carboxylic acids is 1. The average molecular weight is 293 g/mol. The number of amides is 1. The van der Waals surface area contributed by atoms with Crippen LogP contribution in [0, 0.1) is 17.2 Å². The van der Waals surface area contributed by atoms with Crippen molar-refractivity contribution in [1.29, 1.82) is 0 Å². The molecule has 1 fully saturated rings. The van der Waals surface area contributed by atoms with E-state index in [2.05, 4.69) is 0 Å². The number of benzene rings is 1. The SMILES string of the molecule is CCC1(C)CC1C(=O)N(CC(=O)O)Cc1ccc(F)cc1. The highest BCUT2D eigenvalue weighted by Gasteiger charge is 2.54. The summed E-state index contributed by atoms with van der Waals surface area (Å²) in [7, 11) is 0. The van der Waals surface area contributed by atoms with Gasteiger partial charge in [-0.15, -0.1) is 0 Å². The maximum absolute atomic E-state index is 12.9. The van der Waals surface area contributed by atoms with E-state index in [1.807, 2.05) is 13.8 Å². The minimum absolute atomic E-state index is 0.00334. The molecule has 1 aliphatic rings. The van der Waals surface area contributed by atoms with Crippen LogP contribution in [0.3, 0.4) is 0 Å². The Hall–Kier alpha value is -1.91. The lowest BCUT2D eigenvalue weighted by atomic mass is 10.0. The van der Waals surface area contributed by atoms with Gasteiger partial charge in [-0.2, -0.15) is 0 Å². The third-order valence-corrected chi connectivity index (χ3v) is 4.38. The van der Waals surface area contributed by atoms with Gasteiger partial charge in [-0.1, -0.05) is 26.0 Å². The van der Waals surface area contributed by atoms with Gasteiger partial charge in [-0.3, -0.25) is 9.59 Å². The fourth-order valence-electron chi connectivity index (χ4n) is 2.59. The molecular weight excluding hydrogens is 273 g/mol. The summed E-state index contributed by atoms with van der Waals surface area (Å²) < 4.78 is 12.9. The lowest BCUT2D eigenvalue weighted by Gasteiger charge is -2.22. The molecule has 2 unspecified atom stereocenters. The average Bonchev–Trinajstić information content (AvgIpc) is 3.12. The van der Waals surface area contributed by atoms with E-state index >= 15 is 0 Å². The molecule has 0 heterocycles. The summed E-state index contributed by atoms with van der Waals surface area (Å²) in [6, 6.07) is 5.77. The highest BCUT2D eigenvalue weighted by atomic mass is 19.1. The van der Waals surface area contributed by atoms with E-state index in [1.165, 1.54) is 17.0 Å². The number of hydrogen-bond donors (Lipinski definition) is 1. The first-order chi connectivity index (χ1) is 9.85. The number of hydrogen-bond acceptors (Lipinski definition) is 2. The first kappa shape index (κ1) is 15.5. The highest BCUT2D eigenvalue weighted by molar-refractivity contribution is 5.85. The molecule has 0 bridgehead atoms. The number of carbonyl (C=O) groups is 2. The molecule has 2 rings (SSSR count). The van der Waals surface area contributed by atoms with Gasteiger partial charge in [0.05, 0.1) is 0 Å². The van der Waals surface area contributed by atoms with Crippen LogP contribution in [0.1, 0.15) is 32.3 Å².